The number of hydrogen-bond donors (Lipinski definition) is 2. The molecule has 0 saturated heterocycles. The van der Waals surface area contributed by atoms with Gasteiger partial charge in [-0.15, -0.1) is 0 Å². The van der Waals surface area contributed by atoms with Crippen molar-refractivity contribution in [3.05, 3.63) is 101 Å². The summed E-state index contributed by atoms with van der Waals surface area (Å²) < 4.78 is 19.3. The molecule has 0 spiro atoms. The summed E-state index contributed by atoms with van der Waals surface area (Å²) in [7, 11) is 3.15. The molecule has 0 aliphatic rings. The number of aryl methyl sites for hydroxylation is 2. The molecule has 3 aromatic carbocycles. The fourth-order valence-electron chi connectivity index (χ4n) is 4.10. The van der Waals surface area contributed by atoms with Crippen molar-refractivity contribution in [2.24, 2.45) is 0 Å². The molecule has 2 N–H and O–H groups in total. The largest absolute Gasteiger partial charge is 0.496 e. The van der Waals surface area contributed by atoms with Gasteiger partial charge in [-0.1, -0.05) is 15.9 Å². The van der Waals surface area contributed by atoms with Crippen LogP contribution in [0.5, 0.6) is 23.0 Å². The first-order valence-electron chi connectivity index (χ1n) is 12.1. The van der Waals surface area contributed by atoms with Gasteiger partial charge in [0.1, 0.15) is 23.0 Å². The number of rotatable bonds is 9. The number of H-pyrrole nitrogens is 1. The van der Waals surface area contributed by atoms with Crippen LogP contribution in [0, 0.1) is 13.8 Å². The minimum Gasteiger partial charge on any atom is -0.496 e. The van der Waals surface area contributed by atoms with E-state index in [1.807, 2.05) is 32.0 Å². The van der Waals surface area contributed by atoms with Crippen molar-refractivity contribution >= 4 is 37.8 Å². The van der Waals surface area contributed by atoms with Crippen molar-refractivity contribution in [3.8, 4) is 28.7 Å². The van der Waals surface area contributed by atoms with Crippen LogP contribution in [0.1, 0.15) is 27.2 Å². The SMILES string of the molecule is COc1ccc(Oc2c(C)cc(-n3nc(C(=O)NCCc4cc(Br)ccc4OC)c(=O)[nH]c3=O)cc2C)cc1Br. The maximum Gasteiger partial charge on any atom is 0.349 e. The highest BCUT2D eigenvalue weighted by molar-refractivity contribution is 9.10. The van der Waals surface area contributed by atoms with Gasteiger partial charge >= 0.3 is 5.69 Å². The van der Waals surface area contributed by atoms with Gasteiger partial charge in [-0.25, -0.2) is 4.79 Å². The van der Waals surface area contributed by atoms with Crippen LogP contribution >= 0.6 is 31.9 Å². The first kappa shape index (κ1) is 29.1. The van der Waals surface area contributed by atoms with E-state index in [0.29, 0.717) is 35.1 Å². The number of ether oxygens (including phenoxy) is 3. The Morgan fingerprint density at radius 1 is 0.975 bits per heavy atom. The molecule has 4 aromatic rings. The molecular weight excluding hydrogens is 648 g/mol. The van der Waals surface area contributed by atoms with Gasteiger partial charge in [-0.3, -0.25) is 14.6 Å². The van der Waals surface area contributed by atoms with E-state index >= 15 is 0 Å². The highest BCUT2D eigenvalue weighted by Gasteiger charge is 2.18. The fraction of sp³-hybridized carbons (Fsp3) is 0.214. The Bertz CT molecular complexity index is 1680. The van der Waals surface area contributed by atoms with Crippen molar-refractivity contribution in [1.29, 1.82) is 0 Å². The molecule has 40 heavy (non-hydrogen) atoms. The number of aromatic amines is 1. The number of hydrogen-bond acceptors (Lipinski definition) is 7. The predicted molar refractivity (Wildman–Crippen MR) is 157 cm³/mol. The summed E-state index contributed by atoms with van der Waals surface area (Å²) >= 11 is 6.87. The first-order valence-corrected chi connectivity index (χ1v) is 13.7. The van der Waals surface area contributed by atoms with Gasteiger partial charge in [-0.2, -0.15) is 9.78 Å². The maximum absolute atomic E-state index is 12.9. The molecule has 12 heteroatoms. The van der Waals surface area contributed by atoms with Gasteiger partial charge in [0.05, 0.1) is 24.4 Å². The zero-order chi connectivity index (χ0) is 29.0. The summed E-state index contributed by atoms with van der Waals surface area (Å²) in [5.41, 5.74) is 0.599. The quantitative estimate of drug-likeness (QED) is 0.260. The Morgan fingerprint density at radius 2 is 1.65 bits per heavy atom. The van der Waals surface area contributed by atoms with E-state index < -0.39 is 22.9 Å². The molecule has 0 aliphatic heterocycles. The first-order chi connectivity index (χ1) is 19.1. The number of carbonyl (C=O) groups is 1. The monoisotopic (exact) mass is 672 g/mol. The lowest BCUT2D eigenvalue weighted by Gasteiger charge is -2.15. The summed E-state index contributed by atoms with van der Waals surface area (Å²) in [4.78, 5) is 40.2. The Kier molecular flexibility index (Phi) is 9.10. The molecule has 0 saturated carbocycles. The average Bonchev–Trinajstić information content (AvgIpc) is 2.91. The number of carbonyl (C=O) groups excluding carboxylic acids is 1. The Balaban J connectivity index is 1.56. The van der Waals surface area contributed by atoms with Gasteiger partial charge in [-0.05, 0) is 101 Å². The fourth-order valence-corrected chi connectivity index (χ4v) is 5.03. The highest BCUT2D eigenvalue weighted by Crippen LogP contribution is 2.34. The molecule has 0 radical (unpaired) electrons. The third-order valence-electron chi connectivity index (χ3n) is 6.00. The van der Waals surface area contributed by atoms with E-state index in [0.717, 1.165) is 30.3 Å². The topological polar surface area (TPSA) is 125 Å². The molecule has 0 fully saturated rings. The van der Waals surface area contributed by atoms with Gasteiger partial charge in [0.2, 0.25) is 5.69 Å². The number of nitrogens with one attached hydrogen (secondary N) is 2. The number of benzene rings is 3. The summed E-state index contributed by atoms with van der Waals surface area (Å²) in [6.45, 7) is 3.87. The van der Waals surface area contributed by atoms with Gasteiger partial charge in [0, 0.05) is 11.0 Å². The van der Waals surface area contributed by atoms with E-state index in [9.17, 15) is 14.4 Å². The Morgan fingerprint density at radius 3 is 2.30 bits per heavy atom. The van der Waals surface area contributed by atoms with Crippen LogP contribution in [0.15, 0.2) is 67.1 Å². The standard InChI is InChI=1S/C28H26Br2N4O6/c1-15-11-19(12-16(2)25(15)40-20-6-8-23(39-4)21(30)14-20)34-28(37)32-27(36)24(33-34)26(35)31-10-9-17-13-18(29)5-7-22(17)38-3/h5-8,11-14H,9-10H2,1-4H3,(H,31,35)(H,32,36,37). The Hall–Kier alpha value is -3.90. The molecule has 10 nitrogen and oxygen atoms in total. The lowest BCUT2D eigenvalue weighted by Crippen LogP contribution is -2.39. The minimum atomic E-state index is -0.878. The second-order valence-corrected chi connectivity index (χ2v) is 10.6. The van der Waals surface area contributed by atoms with Gasteiger partial charge in [0.25, 0.3) is 11.5 Å². The summed E-state index contributed by atoms with van der Waals surface area (Å²) in [5.74, 6) is 1.83. The molecule has 0 atom stereocenters. The highest BCUT2D eigenvalue weighted by atomic mass is 79.9. The molecule has 0 bridgehead atoms. The van der Waals surface area contributed by atoms with Crippen molar-refractivity contribution in [3.63, 3.8) is 0 Å². The third-order valence-corrected chi connectivity index (χ3v) is 7.11. The molecule has 1 aromatic heterocycles. The van der Waals surface area contributed by atoms with Crippen LogP contribution in [0.4, 0.5) is 0 Å². The van der Waals surface area contributed by atoms with Crippen molar-refractivity contribution < 1.29 is 19.0 Å². The number of nitrogens with zero attached hydrogens (tertiary/aromatic N) is 2. The normalized spacial score (nSPS) is 10.8. The molecule has 1 amide bonds. The minimum absolute atomic E-state index is 0.220. The second-order valence-electron chi connectivity index (χ2n) is 8.79. The smallest absolute Gasteiger partial charge is 0.349 e. The average molecular weight is 674 g/mol. The lowest BCUT2D eigenvalue weighted by atomic mass is 10.1. The van der Waals surface area contributed by atoms with Gasteiger partial charge < -0.3 is 19.5 Å². The summed E-state index contributed by atoms with van der Waals surface area (Å²) in [6, 6.07) is 14.3. The van der Waals surface area contributed by atoms with E-state index in [2.05, 4.69) is 47.3 Å². The summed E-state index contributed by atoms with van der Waals surface area (Å²) in [6.07, 6.45) is 0.455. The third kappa shape index (κ3) is 6.45. The van der Waals surface area contributed by atoms with Crippen LogP contribution in [0.2, 0.25) is 0 Å². The molecular formula is C28H26Br2N4O6. The van der Waals surface area contributed by atoms with E-state index in [1.165, 1.54) is 0 Å². The molecule has 1 heterocycles. The lowest BCUT2D eigenvalue weighted by molar-refractivity contribution is 0.0945. The zero-order valence-corrected chi connectivity index (χ0v) is 25.3. The molecule has 208 valence electrons. The predicted octanol–water partition coefficient (Wildman–Crippen LogP) is 4.84. The summed E-state index contributed by atoms with van der Waals surface area (Å²) in [5, 5.41) is 6.79. The zero-order valence-electron chi connectivity index (χ0n) is 22.1. The van der Waals surface area contributed by atoms with Crippen LogP contribution in [0.3, 0.4) is 0 Å². The van der Waals surface area contributed by atoms with Crippen LogP contribution < -0.4 is 30.8 Å². The van der Waals surface area contributed by atoms with Crippen molar-refractivity contribution in [2.45, 2.75) is 20.3 Å². The van der Waals surface area contributed by atoms with Gasteiger partial charge in [0.15, 0.2) is 0 Å². The van der Waals surface area contributed by atoms with E-state index in [-0.39, 0.29) is 6.54 Å². The number of halogens is 2. The van der Waals surface area contributed by atoms with Crippen LogP contribution in [0.25, 0.3) is 5.69 Å². The molecule has 0 aliphatic carbocycles. The molecule has 0 unspecified atom stereocenters. The maximum atomic E-state index is 12.9. The van der Waals surface area contributed by atoms with E-state index in [1.54, 1.807) is 44.6 Å². The number of aromatic nitrogens is 3. The second kappa shape index (κ2) is 12.5. The van der Waals surface area contributed by atoms with E-state index in [4.69, 9.17) is 14.2 Å². The van der Waals surface area contributed by atoms with Crippen molar-refractivity contribution in [1.82, 2.24) is 20.1 Å². The van der Waals surface area contributed by atoms with Crippen molar-refractivity contribution in [2.75, 3.05) is 20.8 Å². The number of methoxy groups -OCH3 is 2. The Labute approximate surface area is 246 Å². The van der Waals surface area contributed by atoms with Crippen LogP contribution in [-0.2, 0) is 6.42 Å². The molecule has 4 rings (SSSR count). The van der Waals surface area contributed by atoms with Crippen LogP contribution in [-0.4, -0.2) is 41.4 Å². The number of amides is 1.